The first-order valence-electron chi connectivity index (χ1n) is 8.65. The van der Waals surface area contributed by atoms with Crippen molar-refractivity contribution in [2.45, 2.75) is 0 Å². The van der Waals surface area contributed by atoms with E-state index in [0.717, 1.165) is 22.5 Å². The summed E-state index contributed by atoms with van der Waals surface area (Å²) in [6, 6.07) is 15.7. The number of benzene rings is 2. The van der Waals surface area contributed by atoms with E-state index in [2.05, 4.69) is 20.4 Å². The van der Waals surface area contributed by atoms with Gasteiger partial charge in [0.1, 0.15) is 0 Å². The molecule has 0 saturated carbocycles. The van der Waals surface area contributed by atoms with Crippen LogP contribution in [-0.2, 0) is 0 Å². The van der Waals surface area contributed by atoms with E-state index in [9.17, 15) is 0 Å². The molecular weight excluding hydrogens is 352 g/mol. The minimum absolute atomic E-state index is 0.00117. The van der Waals surface area contributed by atoms with Gasteiger partial charge in [-0.05, 0) is 35.4 Å². The van der Waals surface area contributed by atoms with Crippen LogP contribution in [0, 0.1) is 0 Å². The van der Waals surface area contributed by atoms with Gasteiger partial charge in [0.25, 0.3) is 0 Å². The monoisotopic (exact) mass is 378 g/mol. The molecule has 0 amide bonds. The lowest BCUT2D eigenvalue weighted by molar-refractivity contribution is 1.13. The zero-order valence-electron chi connectivity index (χ0n) is 16.6. The van der Waals surface area contributed by atoms with Crippen molar-refractivity contribution in [1.29, 1.82) is 0 Å². The Bertz CT molecular complexity index is 800. The van der Waals surface area contributed by atoms with Crippen molar-refractivity contribution in [2.24, 2.45) is 31.9 Å². The van der Waals surface area contributed by atoms with Crippen LogP contribution in [-0.4, -0.2) is 52.3 Å². The predicted octanol–water partition coefficient (Wildman–Crippen LogP) is 1.90. The third-order valence-corrected chi connectivity index (χ3v) is 3.83. The van der Waals surface area contributed by atoms with Gasteiger partial charge in [0, 0.05) is 39.6 Å². The number of hydrogen-bond acceptors (Lipinski definition) is 6. The lowest BCUT2D eigenvalue weighted by atomic mass is 10.2. The maximum absolute atomic E-state index is 5.77. The standard InChI is InChI=1S/C20H26N8/c1-27(2)17-9-5-15(6-10-17)13-23-25-19(21)20(22)26-24-14-16-7-11-18(12-8-16)28(3)4/h5-14H,1-4H3,(H2,21,25)(H2,22,26)/b23-13-,24-14+. The van der Waals surface area contributed by atoms with Gasteiger partial charge in [0.15, 0.2) is 11.7 Å². The Morgan fingerprint density at radius 3 is 1.25 bits per heavy atom. The number of anilines is 2. The highest BCUT2D eigenvalue weighted by Gasteiger charge is 1.98. The number of amidine groups is 2. The van der Waals surface area contributed by atoms with Gasteiger partial charge in [-0.15, -0.1) is 10.2 Å². The third kappa shape index (κ3) is 6.24. The molecule has 2 rings (SSSR count). The molecule has 0 saturated heterocycles. The van der Waals surface area contributed by atoms with Gasteiger partial charge in [-0.2, -0.15) is 10.2 Å². The Morgan fingerprint density at radius 2 is 0.964 bits per heavy atom. The normalized spacial score (nSPS) is 12.7. The first kappa shape index (κ1) is 20.6. The molecule has 146 valence electrons. The first-order valence-corrected chi connectivity index (χ1v) is 8.65. The molecule has 0 aliphatic heterocycles. The van der Waals surface area contributed by atoms with E-state index in [1.165, 1.54) is 0 Å². The fourth-order valence-corrected chi connectivity index (χ4v) is 2.13. The van der Waals surface area contributed by atoms with Crippen LogP contribution in [0.1, 0.15) is 11.1 Å². The first-order chi connectivity index (χ1) is 13.4. The van der Waals surface area contributed by atoms with E-state index in [4.69, 9.17) is 11.5 Å². The van der Waals surface area contributed by atoms with E-state index in [-0.39, 0.29) is 11.7 Å². The molecular formula is C20H26N8. The van der Waals surface area contributed by atoms with Crippen LogP contribution in [0.2, 0.25) is 0 Å². The fraction of sp³-hybridized carbons (Fsp3) is 0.200. The zero-order chi connectivity index (χ0) is 20.5. The van der Waals surface area contributed by atoms with E-state index >= 15 is 0 Å². The van der Waals surface area contributed by atoms with Gasteiger partial charge in [-0.1, -0.05) is 24.3 Å². The van der Waals surface area contributed by atoms with Gasteiger partial charge in [-0.3, -0.25) is 0 Å². The molecule has 0 fully saturated rings. The van der Waals surface area contributed by atoms with Crippen molar-refractivity contribution in [2.75, 3.05) is 38.0 Å². The van der Waals surface area contributed by atoms with Crippen molar-refractivity contribution in [3.05, 3.63) is 59.7 Å². The Balaban J connectivity index is 1.97. The van der Waals surface area contributed by atoms with Gasteiger partial charge in [0.2, 0.25) is 0 Å². The lowest BCUT2D eigenvalue weighted by Crippen LogP contribution is -2.30. The zero-order valence-corrected chi connectivity index (χ0v) is 16.6. The van der Waals surface area contributed by atoms with Crippen molar-refractivity contribution >= 4 is 35.5 Å². The van der Waals surface area contributed by atoms with Crippen molar-refractivity contribution < 1.29 is 0 Å². The fourth-order valence-electron chi connectivity index (χ4n) is 2.13. The highest BCUT2D eigenvalue weighted by molar-refractivity contribution is 6.39. The number of nitrogens with zero attached hydrogens (tertiary/aromatic N) is 6. The van der Waals surface area contributed by atoms with Crippen LogP contribution in [0.25, 0.3) is 0 Å². The second-order valence-corrected chi connectivity index (χ2v) is 6.43. The topological polar surface area (TPSA) is 108 Å². The average molecular weight is 378 g/mol. The second-order valence-electron chi connectivity index (χ2n) is 6.43. The van der Waals surface area contributed by atoms with E-state index < -0.39 is 0 Å². The molecule has 28 heavy (non-hydrogen) atoms. The summed E-state index contributed by atoms with van der Waals surface area (Å²) >= 11 is 0. The van der Waals surface area contributed by atoms with E-state index in [1.54, 1.807) is 12.4 Å². The van der Waals surface area contributed by atoms with Crippen LogP contribution < -0.4 is 21.3 Å². The lowest BCUT2D eigenvalue weighted by Gasteiger charge is -2.11. The molecule has 0 aliphatic carbocycles. The molecule has 8 nitrogen and oxygen atoms in total. The summed E-state index contributed by atoms with van der Waals surface area (Å²) in [5.41, 5.74) is 15.5. The maximum atomic E-state index is 5.77. The van der Waals surface area contributed by atoms with Crippen LogP contribution in [0.5, 0.6) is 0 Å². The average Bonchev–Trinajstić information content (AvgIpc) is 2.68. The predicted molar refractivity (Wildman–Crippen MR) is 120 cm³/mol. The van der Waals surface area contributed by atoms with E-state index in [1.807, 2.05) is 86.5 Å². The number of nitrogens with two attached hydrogens (primary N) is 2. The van der Waals surface area contributed by atoms with Gasteiger partial charge in [0.05, 0.1) is 12.4 Å². The number of rotatable bonds is 6. The summed E-state index contributed by atoms with van der Waals surface area (Å²) in [6.07, 6.45) is 3.18. The Kier molecular flexibility index (Phi) is 7.27. The summed E-state index contributed by atoms with van der Waals surface area (Å²) in [5, 5.41) is 15.6. The second kappa shape index (κ2) is 9.86. The van der Waals surface area contributed by atoms with Crippen molar-refractivity contribution in [3.8, 4) is 0 Å². The highest BCUT2D eigenvalue weighted by Crippen LogP contribution is 2.11. The Morgan fingerprint density at radius 1 is 0.643 bits per heavy atom. The Labute approximate surface area is 165 Å². The maximum Gasteiger partial charge on any atom is 0.190 e. The smallest absolute Gasteiger partial charge is 0.190 e. The molecule has 0 spiro atoms. The van der Waals surface area contributed by atoms with E-state index in [0.29, 0.717) is 0 Å². The molecule has 4 N–H and O–H groups in total. The molecule has 0 unspecified atom stereocenters. The molecule has 0 aromatic heterocycles. The minimum Gasteiger partial charge on any atom is -0.379 e. The van der Waals surface area contributed by atoms with Crippen molar-refractivity contribution in [1.82, 2.24) is 0 Å². The van der Waals surface area contributed by atoms with Gasteiger partial charge in [-0.25, -0.2) is 0 Å². The summed E-state index contributed by atoms with van der Waals surface area (Å²) in [6.45, 7) is 0. The molecule has 0 radical (unpaired) electrons. The minimum atomic E-state index is 0.00117. The largest absolute Gasteiger partial charge is 0.379 e. The van der Waals surface area contributed by atoms with Crippen LogP contribution in [0.3, 0.4) is 0 Å². The van der Waals surface area contributed by atoms with Crippen LogP contribution in [0.15, 0.2) is 68.9 Å². The summed E-state index contributed by atoms with van der Waals surface area (Å²) in [4.78, 5) is 4.04. The third-order valence-electron chi connectivity index (χ3n) is 3.83. The molecule has 0 heterocycles. The summed E-state index contributed by atoms with van der Waals surface area (Å²) < 4.78 is 0. The highest BCUT2D eigenvalue weighted by atomic mass is 15.3. The summed E-state index contributed by atoms with van der Waals surface area (Å²) in [5.74, 6) is 0.00235. The molecule has 8 heteroatoms. The van der Waals surface area contributed by atoms with Crippen LogP contribution in [0.4, 0.5) is 11.4 Å². The summed E-state index contributed by atoms with van der Waals surface area (Å²) in [7, 11) is 7.93. The molecule has 0 aliphatic rings. The van der Waals surface area contributed by atoms with Gasteiger partial charge < -0.3 is 21.3 Å². The molecule has 0 bridgehead atoms. The molecule has 2 aromatic carbocycles. The molecule has 2 aromatic rings. The molecule has 0 atom stereocenters. The number of hydrogen-bond donors (Lipinski definition) is 2. The van der Waals surface area contributed by atoms with Gasteiger partial charge >= 0.3 is 0 Å². The quantitative estimate of drug-likeness (QED) is 0.455. The SMILES string of the molecule is CN(C)c1ccc(\C=N/N=C(N)/C(N)=N/N=C/c2ccc(N(C)C)cc2)cc1. The van der Waals surface area contributed by atoms with Crippen molar-refractivity contribution in [3.63, 3.8) is 0 Å². The van der Waals surface area contributed by atoms with Crippen LogP contribution >= 0.6 is 0 Å². The Hall–Kier alpha value is -3.68.